The quantitative estimate of drug-likeness (QED) is 0.571. The van der Waals surface area contributed by atoms with Crippen LogP contribution in [0.1, 0.15) is 5.56 Å². The van der Waals surface area contributed by atoms with Gasteiger partial charge in [-0.3, -0.25) is 4.79 Å². The Hall–Kier alpha value is -1.39. The van der Waals surface area contributed by atoms with Gasteiger partial charge in [-0.25, -0.2) is 0 Å². The predicted molar refractivity (Wildman–Crippen MR) is 61.0 cm³/mol. The maximum absolute atomic E-state index is 10.9. The van der Waals surface area contributed by atoms with Crippen LogP contribution in [-0.4, -0.2) is 32.3 Å². The number of benzene rings is 1. The molecule has 1 atom stereocenters. The fraction of sp³-hybridized carbons (Fsp3) is 0.417. The van der Waals surface area contributed by atoms with Gasteiger partial charge in [0.1, 0.15) is 6.04 Å². The van der Waals surface area contributed by atoms with Gasteiger partial charge in [0.25, 0.3) is 0 Å². The first kappa shape index (κ1) is 12.7. The van der Waals surface area contributed by atoms with Crippen molar-refractivity contribution >= 4 is 5.97 Å². The van der Waals surface area contributed by atoms with Crippen LogP contribution in [0.2, 0.25) is 0 Å². The Morgan fingerprint density at radius 2 is 2.06 bits per heavy atom. The van der Waals surface area contributed by atoms with Crippen molar-refractivity contribution in [3.05, 3.63) is 35.9 Å². The monoisotopic (exact) mass is 223 g/mol. The Morgan fingerprint density at radius 1 is 1.38 bits per heavy atom. The molecule has 0 spiro atoms. The summed E-state index contributed by atoms with van der Waals surface area (Å²) >= 11 is 0. The molecule has 0 aliphatic carbocycles. The Morgan fingerprint density at radius 3 is 2.69 bits per heavy atom. The van der Waals surface area contributed by atoms with Gasteiger partial charge in [0.2, 0.25) is 0 Å². The van der Waals surface area contributed by atoms with E-state index in [1.807, 2.05) is 30.3 Å². The molecule has 0 aliphatic rings. The molecule has 4 heteroatoms. The number of carbonyl (C=O) groups excluding carboxylic acids is 1. The number of carbonyl (C=O) groups is 1. The normalized spacial score (nSPS) is 12.1. The summed E-state index contributed by atoms with van der Waals surface area (Å²) in [7, 11) is 1.31. The van der Waals surface area contributed by atoms with Crippen LogP contribution >= 0.6 is 0 Å². The number of esters is 1. The Kier molecular flexibility index (Phi) is 5.53. The minimum atomic E-state index is -0.694. The molecule has 1 aromatic carbocycles. The molecule has 16 heavy (non-hydrogen) atoms. The molecule has 4 nitrogen and oxygen atoms in total. The van der Waals surface area contributed by atoms with E-state index in [0.29, 0.717) is 6.61 Å². The van der Waals surface area contributed by atoms with Gasteiger partial charge in [-0.05, 0) is 12.0 Å². The fourth-order valence-electron chi connectivity index (χ4n) is 1.26. The van der Waals surface area contributed by atoms with Crippen molar-refractivity contribution in [2.24, 2.45) is 5.73 Å². The molecule has 88 valence electrons. The van der Waals surface area contributed by atoms with Gasteiger partial charge in [0.05, 0.1) is 20.3 Å². The highest BCUT2D eigenvalue weighted by molar-refractivity contribution is 5.75. The molecule has 0 aliphatic heterocycles. The lowest BCUT2D eigenvalue weighted by atomic mass is 10.2. The van der Waals surface area contributed by atoms with Gasteiger partial charge in [-0.1, -0.05) is 30.3 Å². The summed E-state index contributed by atoms with van der Waals surface area (Å²) in [6, 6.07) is 9.30. The summed E-state index contributed by atoms with van der Waals surface area (Å²) in [5.41, 5.74) is 6.71. The second-order valence-corrected chi connectivity index (χ2v) is 3.44. The van der Waals surface area contributed by atoms with E-state index in [9.17, 15) is 4.79 Å². The second-order valence-electron chi connectivity index (χ2n) is 3.44. The van der Waals surface area contributed by atoms with Crippen LogP contribution in [0.25, 0.3) is 0 Å². The molecule has 0 heterocycles. The second kappa shape index (κ2) is 6.98. The Bertz CT molecular complexity index is 313. The van der Waals surface area contributed by atoms with Gasteiger partial charge < -0.3 is 15.2 Å². The summed E-state index contributed by atoms with van der Waals surface area (Å²) in [4.78, 5) is 10.9. The molecule has 2 N–H and O–H groups in total. The number of ether oxygens (including phenoxy) is 2. The summed E-state index contributed by atoms with van der Waals surface area (Å²) in [5.74, 6) is -0.445. The van der Waals surface area contributed by atoms with Gasteiger partial charge in [0, 0.05) is 0 Å². The average molecular weight is 223 g/mol. The molecular weight excluding hydrogens is 206 g/mol. The van der Waals surface area contributed by atoms with Gasteiger partial charge in [0.15, 0.2) is 0 Å². The molecular formula is C12H17NO3. The summed E-state index contributed by atoms with van der Waals surface area (Å²) in [6.45, 7) is 0.744. The molecule has 0 saturated carbocycles. The van der Waals surface area contributed by atoms with Crippen molar-refractivity contribution in [3.63, 3.8) is 0 Å². The predicted octanol–water partition coefficient (Wildman–Crippen LogP) is 0.746. The fourth-order valence-corrected chi connectivity index (χ4v) is 1.26. The third kappa shape index (κ3) is 4.42. The minimum Gasteiger partial charge on any atom is -0.468 e. The SMILES string of the molecule is COC(=O)[C@@H](N)COCCc1ccccc1. The lowest BCUT2D eigenvalue weighted by Gasteiger charge is -2.09. The van der Waals surface area contributed by atoms with Gasteiger partial charge in [-0.2, -0.15) is 0 Å². The van der Waals surface area contributed by atoms with Crippen LogP contribution in [0, 0.1) is 0 Å². The first-order valence-electron chi connectivity index (χ1n) is 5.19. The van der Waals surface area contributed by atoms with E-state index in [0.717, 1.165) is 6.42 Å². The maximum Gasteiger partial charge on any atom is 0.325 e. The molecule has 0 fully saturated rings. The van der Waals surface area contributed by atoms with E-state index in [4.69, 9.17) is 10.5 Å². The number of rotatable bonds is 6. The van der Waals surface area contributed by atoms with E-state index in [1.54, 1.807) is 0 Å². The third-order valence-corrected chi connectivity index (χ3v) is 2.18. The zero-order valence-electron chi connectivity index (χ0n) is 9.39. The van der Waals surface area contributed by atoms with Crippen molar-refractivity contribution in [1.82, 2.24) is 0 Å². The summed E-state index contributed by atoms with van der Waals surface area (Å²) < 4.78 is 9.78. The van der Waals surface area contributed by atoms with Crippen molar-refractivity contribution in [2.45, 2.75) is 12.5 Å². The standard InChI is InChI=1S/C12H17NO3/c1-15-12(14)11(13)9-16-8-7-10-5-3-2-4-6-10/h2-6,11H,7-9,13H2,1H3/t11-/m0/s1. The lowest BCUT2D eigenvalue weighted by Crippen LogP contribution is -2.36. The average Bonchev–Trinajstić information content (AvgIpc) is 2.34. The van der Waals surface area contributed by atoms with Crippen molar-refractivity contribution < 1.29 is 14.3 Å². The molecule has 0 saturated heterocycles. The summed E-state index contributed by atoms with van der Waals surface area (Å²) in [6.07, 6.45) is 0.814. The van der Waals surface area contributed by atoms with Crippen molar-refractivity contribution in [2.75, 3.05) is 20.3 Å². The van der Waals surface area contributed by atoms with Gasteiger partial charge >= 0.3 is 5.97 Å². The molecule has 0 bridgehead atoms. The van der Waals surface area contributed by atoms with Crippen LogP contribution in [0.4, 0.5) is 0 Å². The Balaban J connectivity index is 2.15. The van der Waals surface area contributed by atoms with E-state index in [2.05, 4.69) is 4.74 Å². The van der Waals surface area contributed by atoms with Crippen LogP contribution in [0.3, 0.4) is 0 Å². The first-order chi connectivity index (χ1) is 7.74. The smallest absolute Gasteiger partial charge is 0.325 e. The highest BCUT2D eigenvalue weighted by Gasteiger charge is 2.12. The molecule has 1 aromatic rings. The van der Waals surface area contributed by atoms with Crippen LogP contribution in [0.15, 0.2) is 30.3 Å². The molecule has 1 rings (SSSR count). The van der Waals surface area contributed by atoms with Crippen LogP contribution in [0.5, 0.6) is 0 Å². The number of nitrogens with two attached hydrogens (primary N) is 1. The van der Waals surface area contributed by atoms with E-state index < -0.39 is 12.0 Å². The van der Waals surface area contributed by atoms with Gasteiger partial charge in [-0.15, -0.1) is 0 Å². The highest BCUT2D eigenvalue weighted by Crippen LogP contribution is 1.99. The maximum atomic E-state index is 10.9. The number of methoxy groups -OCH3 is 1. The zero-order chi connectivity index (χ0) is 11.8. The zero-order valence-corrected chi connectivity index (χ0v) is 9.39. The Labute approximate surface area is 95.3 Å². The van der Waals surface area contributed by atoms with E-state index in [-0.39, 0.29) is 6.61 Å². The largest absolute Gasteiger partial charge is 0.468 e. The molecule has 0 aromatic heterocycles. The third-order valence-electron chi connectivity index (χ3n) is 2.18. The van der Waals surface area contributed by atoms with E-state index in [1.165, 1.54) is 12.7 Å². The van der Waals surface area contributed by atoms with Crippen LogP contribution < -0.4 is 5.73 Å². The number of hydrogen-bond donors (Lipinski definition) is 1. The molecule has 0 radical (unpaired) electrons. The van der Waals surface area contributed by atoms with E-state index >= 15 is 0 Å². The number of hydrogen-bond acceptors (Lipinski definition) is 4. The van der Waals surface area contributed by atoms with Crippen molar-refractivity contribution in [1.29, 1.82) is 0 Å². The topological polar surface area (TPSA) is 61.5 Å². The first-order valence-corrected chi connectivity index (χ1v) is 5.19. The highest BCUT2D eigenvalue weighted by atomic mass is 16.5. The molecule has 0 amide bonds. The lowest BCUT2D eigenvalue weighted by molar-refractivity contribution is -0.143. The summed E-state index contributed by atoms with van der Waals surface area (Å²) in [5, 5.41) is 0. The van der Waals surface area contributed by atoms with Crippen LogP contribution in [-0.2, 0) is 20.7 Å². The molecule has 0 unspecified atom stereocenters. The minimum absolute atomic E-state index is 0.194. The van der Waals surface area contributed by atoms with Crippen molar-refractivity contribution in [3.8, 4) is 0 Å².